The summed E-state index contributed by atoms with van der Waals surface area (Å²) in [4.78, 5) is 10.8. The molecular formula is C14H24N4O. The summed E-state index contributed by atoms with van der Waals surface area (Å²) in [5.74, 6) is 1.49. The van der Waals surface area contributed by atoms with E-state index in [0.29, 0.717) is 18.5 Å². The first-order chi connectivity index (χ1) is 9.29. The molecule has 1 aromatic rings. The highest BCUT2D eigenvalue weighted by molar-refractivity contribution is 5.36. The van der Waals surface area contributed by atoms with Crippen LogP contribution in [0, 0.1) is 0 Å². The number of anilines is 1. The SMILES string of the molecule is CCCOc1cncc(N(C)CC2CCCCN2)n1. The van der Waals surface area contributed by atoms with Crippen molar-refractivity contribution < 1.29 is 4.74 Å². The monoisotopic (exact) mass is 264 g/mol. The van der Waals surface area contributed by atoms with Gasteiger partial charge < -0.3 is 15.0 Å². The van der Waals surface area contributed by atoms with Crippen LogP contribution in [0.15, 0.2) is 12.4 Å². The Morgan fingerprint density at radius 2 is 2.32 bits per heavy atom. The van der Waals surface area contributed by atoms with Gasteiger partial charge >= 0.3 is 0 Å². The van der Waals surface area contributed by atoms with Crippen LogP contribution in [0.25, 0.3) is 0 Å². The van der Waals surface area contributed by atoms with Gasteiger partial charge in [0.2, 0.25) is 5.88 Å². The smallest absolute Gasteiger partial charge is 0.234 e. The van der Waals surface area contributed by atoms with E-state index in [0.717, 1.165) is 25.3 Å². The van der Waals surface area contributed by atoms with E-state index in [4.69, 9.17) is 4.74 Å². The predicted octanol–water partition coefficient (Wildman–Crippen LogP) is 1.84. The number of hydrogen-bond acceptors (Lipinski definition) is 5. The maximum atomic E-state index is 5.52. The molecule has 0 saturated carbocycles. The first-order valence-electron chi connectivity index (χ1n) is 7.19. The molecule has 0 aromatic carbocycles. The third kappa shape index (κ3) is 4.35. The summed E-state index contributed by atoms with van der Waals surface area (Å²) in [5, 5.41) is 3.55. The molecular weight excluding hydrogens is 240 g/mol. The summed E-state index contributed by atoms with van der Waals surface area (Å²) in [5.41, 5.74) is 0. The number of nitrogens with zero attached hydrogens (tertiary/aromatic N) is 3. The summed E-state index contributed by atoms with van der Waals surface area (Å²) in [6.45, 7) is 4.86. The fraction of sp³-hybridized carbons (Fsp3) is 0.714. The molecule has 1 fully saturated rings. The molecule has 1 aromatic heterocycles. The summed E-state index contributed by atoms with van der Waals surface area (Å²) in [6.07, 6.45) is 8.29. The standard InChI is InChI=1S/C14H24N4O/c1-3-8-19-14-10-15-9-13(17-14)18(2)11-12-6-4-5-7-16-12/h9-10,12,16H,3-8,11H2,1-2H3. The van der Waals surface area contributed by atoms with Gasteiger partial charge in [0.15, 0.2) is 5.82 Å². The third-order valence-electron chi connectivity index (χ3n) is 3.35. The molecule has 2 heterocycles. The molecule has 5 nitrogen and oxygen atoms in total. The largest absolute Gasteiger partial charge is 0.477 e. The molecule has 1 atom stereocenters. The van der Waals surface area contributed by atoms with Crippen molar-refractivity contribution in [2.24, 2.45) is 0 Å². The van der Waals surface area contributed by atoms with Crippen molar-refractivity contribution in [1.29, 1.82) is 0 Å². The average Bonchev–Trinajstić information content (AvgIpc) is 2.46. The van der Waals surface area contributed by atoms with Crippen molar-refractivity contribution in [2.45, 2.75) is 38.6 Å². The molecule has 19 heavy (non-hydrogen) atoms. The fourth-order valence-electron chi connectivity index (χ4n) is 2.30. The van der Waals surface area contributed by atoms with Gasteiger partial charge in [0.05, 0.1) is 19.0 Å². The molecule has 0 amide bonds. The molecule has 0 spiro atoms. The third-order valence-corrected chi connectivity index (χ3v) is 3.35. The zero-order valence-electron chi connectivity index (χ0n) is 11.9. The quantitative estimate of drug-likeness (QED) is 0.849. The summed E-state index contributed by atoms with van der Waals surface area (Å²) in [6, 6.07) is 0.556. The molecule has 0 bridgehead atoms. The van der Waals surface area contributed by atoms with E-state index in [-0.39, 0.29) is 0 Å². The molecule has 1 saturated heterocycles. The van der Waals surface area contributed by atoms with Gasteiger partial charge in [-0.05, 0) is 25.8 Å². The van der Waals surface area contributed by atoms with Gasteiger partial charge in [-0.3, -0.25) is 4.98 Å². The second-order valence-electron chi connectivity index (χ2n) is 5.09. The lowest BCUT2D eigenvalue weighted by atomic mass is 10.0. The fourth-order valence-corrected chi connectivity index (χ4v) is 2.30. The number of hydrogen-bond donors (Lipinski definition) is 1. The average molecular weight is 264 g/mol. The van der Waals surface area contributed by atoms with Crippen LogP contribution in [-0.4, -0.2) is 42.8 Å². The van der Waals surface area contributed by atoms with Gasteiger partial charge in [0.1, 0.15) is 0 Å². The van der Waals surface area contributed by atoms with Crippen LogP contribution in [0.2, 0.25) is 0 Å². The molecule has 0 aliphatic carbocycles. The topological polar surface area (TPSA) is 50.3 Å². The molecule has 0 radical (unpaired) electrons. The van der Waals surface area contributed by atoms with Gasteiger partial charge in [-0.15, -0.1) is 0 Å². The molecule has 106 valence electrons. The summed E-state index contributed by atoms with van der Waals surface area (Å²) < 4.78 is 5.52. The molecule has 2 rings (SSSR count). The summed E-state index contributed by atoms with van der Waals surface area (Å²) in [7, 11) is 2.06. The van der Waals surface area contributed by atoms with Gasteiger partial charge in [-0.1, -0.05) is 13.3 Å². The van der Waals surface area contributed by atoms with Crippen LogP contribution in [0.4, 0.5) is 5.82 Å². The minimum Gasteiger partial charge on any atom is -0.477 e. The molecule has 5 heteroatoms. The van der Waals surface area contributed by atoms with Gasteiger partial charge in [0.25, 0.3) is 0 Å². The number of rotatable bonds is 6. The van der Waals surface area contributed by atoms with Crippen molar-refractivity contribution in [3.05, 3.63) is 12.4 Å². The van der Waals surface area contributed by atoms with Gasteiger partial charge in [-0.25, -0.2) is 0 Å². The Morgan fingerprint density at radius 3 is 3.05 bits per heavy atom. The van der Waals surface area contributed by atoms with Crippen molar-refractivity contribution in [3.63, 3.8) is 0 Å². The van der Waals surface area contributed by atoms with E-state index in [2.05, 4.69) is 34.2 Å². The van der Waals surface area contributed by atoms with E-state index in [1.54, 1.807) is 12.4 Å². The second-order valence-corrected chi connectivity index (χ2v) is 5.09. The zero-order valence-corrected chi connectivity index (χ0v) is 11.9. The first-order valence-corrected chi connectivity index (χ1v) is 7.19. The number of aromatic nitrogens is 2. The highest BCUT2D eigenvalue weighted by Crippen LogP contribution is 2.15. The Hall–Kier alpha value is -1.36. The number of piperidine rings is 1. The zero-order chi connectivity index (χ0) is 13.5. The van der Waals surface area contributed by atoms with E-state index in [1.165, 1.54) is 19.3 Å². The van der Waals surface area contributed by atoms with E-state index in [1.807, 2.05) is 0 Å². The van der Waals surface area contributed by atoms with Crippen molar-refractivity contribution in [3.8, 4) is 5.88 Å². The Balaban J connectivity index is 1.91. The van der Waals surface area contributed by atoms with Gasteiger partial charge in [0, 0.05) is 19.6 Å². The Morgan fingerprint density at radius 1 is 1.42 bits per heavy atom. The van der Waals surface area contributed by atoms with Crippen molar-refractivity contribution in [1.82, 2.24) is 15.3 Å². The molecule has 1 aliphatic rings. The Bertz CT molecular complexity index is 379. The molecule has 1 unspecified atom stereocenters. The van der Waals surface area contributed by atoms with Crippen LogP contribution < -0.4 is 15.0 Å². The van der Waals surface area contributed by atoms with Crippen LogP contribution in [0.5, 0.6) is 5.88 Å². The number of likely N-dealkylation sites (N-methyl/N-ethyl adjacent to an activating group) is 1. The second kappa shape index (κ2) is 7.28. The maximum Gasteiger partial charge on any atom is 0.234 e. The Labute approximate surface area is 115 Å². The van der Waals surface area contributed by atoms with E-state index >= 15 is 0 Å². The van der Waals surface area contributed by atoms with Crippen LogP contribution in [0.1, 0.15) is 32.6 Å². The minimum absolute atomic E-state index is 0.556. The lowest BCUT2D eigenvalue weighted by molar-refractivity contribution is 0.304. The van der Waals surface area contributed by atoms with Gasteiger partial charge in [-0.2, -0.15) is 4.98 Å². The highest BCUT2D eigenvalue weighted by atomic mass is 16.5. The van der Waals surface area contributed by atoms with E-state index < -0.39 is 0 Å². The molecule has 1 N–H and O–H groups in total. The van der Waals surface area contributed by atoms with Crippen LogP contribution >= 0.6 is 0 Å². The molecule has 1 aliphatic heterocycles. The van der Waals surface area contributed by atoms with Crippen molar-refractivity contribution >= 4 is 5.82 Å². The lowest BCUT2D eigenvalue weighted by Crippen LogP contribution is -2.42. The number of ether oxygens (including phenoxy) is 1. The Kier molecular flexibility index (Phi) is 5.39. The maximum absolute atomic E-state index is 5.52. The van der Waals surface area contributed by atoms with Crippen LogP contribution in [-0.2, 0) is 0 Å². The van der Waals surface area contributed by atoms with E-state index in [9.17, 15) is 0 Å². The number of nitrogens with one attached hydrogen (secondary N) is 1. The highest BCUT2D eigenvalue weighted by Gasteiger charge is 2.15. The minimum atomic E-state index is 0.556. The predicted molar refractivity (Wildman–Crippen MR) is 76.7 cm³/mol. The van der Waals surface area contributed by atoms with Crippen molar-refractivity contribution in [2.75, 3.05) is 31.6 Å². The normalized spacial score (nSPS) is 19.2. The lowest BCUT2D eigenvalue weighted by Gasteiger charge is -2.28. The van der Waals surface area contributed by atoms with Crippen LogP contribution in [0.3, 0.4) is 0 Å². The first kappa shape index (κ1) is 14.1. The summed E-state index contributed by atoms with van der Waals surface area (Å²) >= 11 is 0.